The predicted octanol–water partition coefficient (Wildman–Crippen LogP) is 2.24. The first-order valence-corrected chi connectivity index (χ1v) is 7.41. The van der Waals surface area contributed by atoms with E-state index >= 15 is 0 Å². The second-order valence-electron chi connectivity index (χ2n) is 5.33. The monoisotopic (exact) mass is 321 g/mol. The first kappa shape index (κ1) is 15.6. The van der Waals surface area contributed by atoms with Gasteiger partial charge in [-0.3, -0.25) is 19.1 Å². The molecule has 0 radical (unpaired) electrons. The highest BCUT2D eigenvalue weighted by Crippen LogP contribution is 2.16. The summed E-state index contributed by atoms with van der Waals surface area (Å²) in [6, 6.07) is 13.8. The molecule has 0 saturated carbocycles. The van der Waals surface area contributed by atoms with E-state index in [1.807, 2.05) is 0 Å². The van der Waals surface area contributed by atoms with E-state index in [0.717, 1.165) is 0 Å². The number of anilines is 1. The summed E-state index contributed by atoms with van der Waals surface area (Å²) in [4.78, 5) is 35.8. The average Bonchev–Trinajstić information content (AvgIpc) is 2.58. The standard InChI is InChI=1S/C18H15N3O3/c1-12(22)13-6-2-4-8-15(13)20-18(24)11-21-16-9-5-3-7-14(16)17(23)10-19-21/h2-10H,11H2,1H3,(H,20,24). The fourth-order valence-electron chi connectivity index (χ4n) is 2.51. The van der Waals surface area contributed by atoms with Crippen molar-refractivity contribution in [2.24, 2.45) is 0 Å². The number of benzene rings is 2. The zero-order chi connectivity index (χ0) is 17.1. The van der Waals surface area contributed by atoms with Gasteiger partial charge in [0.15, 0.2) is 5.78 Å². The van der Waals surface area contributed by atoms with Crippen molar-refractivity contribution in [2.75, 3.05) is 5.32 Å². The van der Waals surface area contributed by atoms with Crippen LogP contribution in [0.25, 0.3) is 10.9 Å². The smallest absolute Gasteiger partial charge is 0.246 e. The molecule has 0 bridgehead atoms. The summed E-state index contributed by atoms with van der Waals surface area (Å²) in [6.45, 7) is 1.38. The second-order valence-corrected chi connectivity index (χ2v) is 5.33. The lowest BCUT2D eigenvalue weighted by Crippen LogP contribution is -2.23. The molecular formula is C18H15N3O3. The molecule has 0 aliphatic rings. The van der Waals surface area contributed by atoms with E-state index in [-0.39, 0.29) is 23.7 Å². The second kappa shape index (κ2) is 6.45. The van der Waals surface area contributed by atoms with Crippen LogP contribution in [0.5, 0.6) is 0 Å². The number of Topliss-reactive ketones (excluding diaryl/α,β-unsaturated/α-hetero) is 1. The Morgan fingerprint density at radius 3 is 2.58 bits per heavy atom. The number of fused-ring (bicyclic) bond motifs is 1. The topological polar surface area (TPSA) is 81.1 Å². The summed E-state index contributed by atoms with van der Waals surface area (Å²) in [5.41, 5.74) is 1.30. The molecule has 0 spiro atoms. The summed E-state index contributed by atoms with van der Waals surface area (Å²) in [5, 5.41) is 7.25. The van der Waals surface area contributed by atoms with E-state index < -0.39 is 0 Å². The quantitative estimate of drug-likeness (QED) is 0.747. The van der Waals surface area contributed by atoms with Gasteiger partial charge in [0.05, 0.1) is 17.4 Å². The van der Waals surface area contributed by atoms with E-state index in [1.165, 1.54) is 17.8 Å². The predicted molar refractivity (Wildman–Crippen MR) is 91.1 cm³/mol. The number of hydrogen-bond donors (Lipinski definition) is 1. The van der Waals surface area contributed by atoms with Gasteiger partial charge in [-0.25, -0.2) is 0 Å². The number of para-hydroxylation sites is 2. The first-order chi connectivity index (χ1) is 11.6. The molecule has 6 heteroatoms. The third-order valence-electron chi connectivity index (χ3n) is 3.64. The van der Waals surface area contributed by atoms with E-state index in [0.29, 0.717) is 22.2 Å². The molecule has 0 atom stereocenters. The number of carbonyl (C=O) groups excluding carboxylic acids is 2. The third-order valence-corrected chi connectivity index (χ3v) is 3.64. The number of nitrogens with one attached hydrogen (secondary N) is 1. The normalized spacial score (nSPS) is 10.5. The van der Waals surface area contributed by atoms with Crippen molar-refractivity contribution in [1.29, 1.82) is 0 Å². The van der Waals surface area contributed by atoms with E-state index in [1.54, 1.807) is 48.5 Å². The van der Waals surface area contributed by atoms with Gasteiger partial charge < -0.3 is 5.32 Å². The zero-order valence-corrected chi connectivity index (χ0v) is 13.0. The number of aromatic nitrogens is 2. The summed E-state index contributed by atoms with van der Waals surface area (Å²) >= 11 is 0. The highest BCUT2D eigenvalue weighted by atomic mass is 16.2. The van der Waals surface area contributed by atoms with Gasteiger partial charge in [-0.05, 0) is 31.2 Å². The van der Waals surface area contributed by atoms with Crippen LogP contribution in [0.4, 0.5) is 5.69 Å². The fraction of sp³-hybridized carbons (Fsp3) is 0.111. The van der Waals surface area contributed by atoms with Crippen LogP contribution in [0.3, 0.4) is 0 Å². The highest BCUT2D eigenvalue weighted by Gasteiger charge is 2.11. The maximum absolute atomic E-state index is 12.3. The number of hydrogen-bond acceptors (Lipinski definition) is 4. The van der Waals surface area contributed by atoms with Crippen molar-refractivity contribution in [2.45, 2.75) is 13.5 Å². The van der Waals surface area contributed by atoms with Crippen molar-refractivity contribution >= 4 is 28.3 Å². The molecule has 3 rings (SSSR count). The molecule has 0 aliphatic carbocycles. The van der Waals surface area contributed by atoms with Crippen molar-refractivity contribution in [3.05, 3.63) is 70.5 Å². The maximum atomic E-state index is 12.3. The molecule has 0 aliphatic heterocycles. The van der Waals surface area contributed by atoms with Gasteiger partial charge in [0.25, 0.3) is 0 Å². The number of amides is 1. The lowest BCUT2D eigenvalue weighted by atomic mass is 10.1. The Bertz CT molecular complexity index is 992. The Hall–Kier alpha value is -3.28. The van der Waals surface area contributed by atoms with E-state index in [4.69, 9.17) is 0 Å². The Morgan fingerprint density at radius 1 is 1.08 bits per heavy atom. The molecule has 1 aromatic heterocycles. The Kier molecular flexibility index (Phi) is 4.20. The van der Waals surface area contributed by atoms with Crippen molar-refractivity contribution in [3.8, 4) is 0 Å². The fourth-order valence-corrected chi connectivity index (χ4v) is 2.51. The van der Waals surface area contributed by atoms with Crippen molar-refractivity contribution in [1.82, 2.24) is 9.78 Å². The van der Waals surface area contributed by atoms with E-state index in [2.05, 4.69) is 10.4 Å². The summed E-state index contributed by atoms with van der Waals surface area (Å²) in [5.74, 6) is -0.456. The zero-order valence-electron chi connectivity index (χ0n) is 13.0. The number of rotatable bonds is 4. The van der Waals surface area contributed by atoms with Crippen LogP contribution < -0.4 is 10.7 Å². The molecule has 120 valence electrons. The minimum absolute atomic E-state index is 0.0625. The molecule has 1 heterocycles. The van der Waals surface area contributed by atoms with Crippen molar-refractivity contribution < 1.29 is 9.59 Å². The van der Waals surface area contributed by atoms with Gasteiger partial charge in [-0.1, -0.05) is 24.3 Å². The average molecular weight is 321 g/mol. The Morgan fingerprint density at radius 2 is 1.79 bits per heavy atom. The summed E-state index contributed by atoms with van der Waals surface area (Å²) in [7, 11) is 0. The van der Waals surface area contributed by atoms with Crippen LogP contribution >= 0.6 is 0 Å². The number of carbonyl (C=O) groups is 2. The van der Waals surface area contributed by atoms with Crippen LogP contribution in [-0.2, 0) is 11.3 Å². The van der Waals surface area contributed by atoms with Crippen LogP contribution in [0, 0.1) is 0 Å². The third kappa shape index (κ3) is 3.08. The lowest BCUT2D eigenvalue weighted by molar-refractivity contribution is -0.116. The Labute approximate surface area is 137 Å². The molecule has 24 heavy (non-hydrogen) atoms. The van der Waals surface area contributed by atoms with Gasteiger partial charge in [-0.2, -0.15) is 5.10 Å². The largest absolute Gasteiger partial charge is 0.324 e. The lowest BCUT2D eigenvalue weighted by Gasteiger charge is -2.11. The molecule has 3 aromatic rings. The van der Waals surface area contributed by atoms with Gasteiger partial charge in [0.2, 0.25) is 11.3 Å². The van der Waals surface area contributed by atoms with Crippen LogP contribution in [0.2, 0.25) is 0 Å². The number of ketones is 1. The van der Waals surface area contributed by atoms with Crippen LogP contribution in [-0.4, -0.2) is 21.5 Å². The molecule has 6 nitrogen and oxygen atoms in total. The minimum atomic E-state index is -0.329. The van der Waals surface area contributed by atoms with E-state index in [9.17, 15) is 14.4 Å². The molecule has 1 N–H and O–H groups in total. The minimum Gasteiger partial charge on any atom is -0.324 e. The van der Waals surface area contributed by atoms with Crippen LogP contribution in [0.1, 0.15) is 17.3 Å². The van der Waals surface area contributed by atoms with Gasteiger partial charge in [0.1, 0.15) is 6.54 Å². The maximum Gasteiger partial charge on any atom is 0.246 e. The number of nitrogens with zero attached hydrogens (tertiary/aromatic N) is 2. The molecule has 2 aromatic carbocycles. The molecular weight excluding hydrogens is 306 g/mol. The Balaban J connectivity index is 1.88. The molecule has 0 fully saturated rings. The van der Waals surface area contributed by atoms with Gasteiger partial charge in [-0.15, -0.1) is 0 Å². The van der Waals surface area contributed by atoms with Gasteiger partial charge >= 0.3 is 0 Å². The van der Waals surface area contributed by atoms with Crippen molar-refractivity contribution in [3.63, 3.8) is 0 Å². The van der Waals surface area contributed by atoms with Crippen LogP contribution in [0.15, 0.2) is 59.5 Å². The summed E-state index contributed by atoms with van der Waals surface area (Å²) < 4.78 is 1.46. The molecule has 0 unspecified atom stereocenters. The molecule has 1 amide bonds. The summed E-state index contributed by atoms with van der Waals surface area (Å²) in [6.07, 6.45) is 1.19. The van der Waals surface area contributed by atoms with Gasteiger partial charge in [0, 0.05) is 10.9 Å². The molecule has 0 saturated heterocycles. The highest BCUT2D eigenvalue weighted by molar-refractivity contribution is 6.03. The SMILES string of the molecule is CC(=O)c1ccccc1NC(=O)Cn1ncc(=O)c2ccccc21. The first-order valence-electron chi connectivity index (χ1n) is 7.41.